The third-order valence-electron chi connectivity index (χ3n) is 14.6. The average Bonchev–Trinajstić information content (AvgIpc) is 3.36. The average molecular weight is 1250 g/mol. The summed E-state index contributed by atoms with van der Waals surface area (Å²) in [6.07, 6.45) is 9.93. The zero-order chi connectivity index (χ0) is 60.8. The lowest BCUT2D eigenvalue weighted by Crippen LogP contribution is -2.30. The van der Waals surface area contributed by atoms with Crippen LogP contribution in [-0.4, -0.2) is 125 Å². The van der Waals surface area contributed by atoms with E-state index in [1.807, 2.05) is 68.4 Å². The minimum Gasteiger partial charge on any atom is -0.352 e. The maximum Gasteiger partial charge on any atom is 0.295 e. The number of fused-ring (bicyclic) bond motifs is 6. The molecule has 1 amide bonds. The maximum absolute atomic E-state index is 14.4. The molecule has 442 valence electrons. The summed E-state index contributed by atoms with van der Waals surface area (Å²) in [5, 5.41) is 16.7. The van der Waals surface area contributed by atoms with E-state index in [-0.39, 0.29) is 77.7 Å². The molecule has 0 fully saturated rings. The van der Waals surface area contributed by atoms with Crippen molar-refractivity contribution < 1.29 is 69.9 Å². The number of carbonyl (C=O) groups excluding carboxylic acids is 2. The number of sulfonamides is 2. The van der Waals surface area contributed by atoms with E-state index in [1.165, 1.54) is 29.6 Å². The minimum absolute atomic E-state index is 0.00847. The fraction of sp³-hybridized carbons (Fsp3) is 0.327. The maximum atomic E-state index is 14.4. The van der Waals surface area contributed by atoms with Gasteiger partial charge in [-0.05, 0) is 85.0 Å². The molecule has 8 rings (SSSR count). The Labute approximate surface area is 486 Å². The van der Waals surface area contributed by atoms with Gasteiger partial charge < -0.3 is 10.2 Å². The number of nitrogens with one attached hydrogen (secondary N) is 1. The van der Waals surface area contributed by atoms with Crippen LogP contribution in [0.3, 0.4) is 0 Å². The van der Waals surface area contributed by atoms with Crippen LogP contribution in [0.5, 0.6) is 0 Å². The van der Waals surface area contributed by atoms with Gasteiger partial charge in [0.05, 0.1) is 27.4 Å². The number of aromatic nitrogens is 2. The highest BCUT2D eigenvalue weighted by molar-refractivity contribution is 7.91. The number of hydrogen-bond donors (Lipinski definition) is 5. The number of nitrogens with two attached hydrogens (primary N) is 1. The van der Waals surface area contributed by atoms with Gasteiger partial charge in [0.1, 0.15) is 16.4 Å². The van der Waals surface area contributed by atoms with E-state index < -0.39 is 81.1 Å². The van der Waals surface area contributed by atoms with Crippen LogP contribution in [0.15, 0.2) is 134 Å². The number of ketones is 1. The summed E-state index contributed by atoms with van der Waals surface area (Å²) in [5.41, 5.74) is 3.62. The van der Waals surface area contributed by atoms with Crippen molar-refractivity contribution in [1.29, 1.82) is 0 Å². The molecule has 0 aliphatic carbocycles. The van der Waals surface area contributed by atoms with Crippen LogP contribution in [0.25, 0.3) is 21.5 Å². The lowest BCUT2D eigenvalue weighted by atomic mass is 9.79. The molecule has 0 saturated heterocycles. The van der Waals surface area contributed by atoms with Gasteiger partial charge >= 0.3 is 0 Å². The van der Waals surface area contributed by atoms with E-state index in [9.17, 15) is 65.3 Å². The summed E-state index contributed by atoms with van der Waals surface area (Å²) in [6.45, 7) is 10.6. The van der Waals surface area contributed by atoms with Crippen LogP contribution in [0.4, 0.5) is 11.4 Å². The standard InChI is InChI=1S/C55H61N7O15S6/c1-7-27-61-43-26-24-39-41(31-37(82(72,73)74)32-46(39)83(75,76)77)52(43)55(4,5)47(61)16-9-8-10-17-48-54(2,3)51-40-14-11-15-45(38(40)23-25-42(51)62(48)29-13-30-79(65,66)67)81(70,71)60(6)28-12-18-49(64)57-34-35-19-21-36(22-20-35)44(63)33-50-58-59-53(78-50)80(56,68)69/h8-11,14-17,19-26,31-32H,7,12-13,18,27-30,33-34H2,1-6H3,(H5-,56,57,64,65,66,67,68,69,72,73,74,75,76,77)/p+1. The van der Waals surface area contributed by atoms with Crippen molar-refractivity contribution in [2.24, 2.45) is 5.14 Å². The number of allylic oxidation sites excluding steroid dienone is 6. The first-order chi connectivity index (χ1) is 38.7. The predicted octanol–water partition coefficient (Wildman–Crippen LogP) is 6.99. The number of rotatable bonds is 23. The Bertz CT molecular complexity index is 4340. The molecule has 0 bridgehead atoms. The molecule has 0 unspecified atom stereocenters. The van der Waals surface area contributed by atoms with Crippen LogP contribution in [0.1, 0.15) is 92.4 Å². The van der Waals surface area contributed by atoms with Crippen molar-refractivity contribution in [2.45, 2.75) is 103 Å². The van der Waals surface area contributed by atoms with Crippen LogP contribution >= 0.6 is 11.3 Å². The van der Waals surface area contributed by atoms with Crippen molar-refractivity contribution in [1.82, 2.24) is 19.8 Å². The first-order valence-corrected chi connectivity index (χ1v) is 34.2. The summed E-state index contributed by atoms with van der Waals surface area (Å²) in [7, 11) is -20.9. The molecule has 0 saturated carbocycles. The van der Waals surface area contributed by atoms with Gasteiger partial charge in [0.15, 0.2) is 11.5 Å². The topological polar surface area (TPSA) is 339 Å². The van der Waals surface area contributed by atoms with Crippen LogP contribution in [-0.2, 0) is 79.0 Å². The van der Waals surface area contributed by atoms with E-state index in [0.29, 0.717) is 63.1 Å². The number of amides is 1. The van der Waals surface area contributed by atoms with Crippen molar-refractivity contribution in [3.8, 4) is 0 Å². The number of benzene rings is 5. The van der Waals surface area contributed by atoms with Gasteiger partial charge in [-0.25, -0.2) is 26.3 Å². The second-order valence-corrected chi connectivity index (χ2v) is 30.3. The first kappa shape index (κ1) is 62.6. The van der Waals surface area contributed by atoms with E-state index >= 15 is 0 Å². The Morgan fingerprint density at radius 1 is 0.771 bits per heavy atom. The Kier molecular flexibility index (Phi) is 17.8. The lowest BCUT2D eigenvalue weighted by molar-refractivity contribution is -0.437. The third-order valence-corrected chi connectivity index (χ3v) is 21.3. The second-order valence-electron chi connectivity index (χ2n) is 21.1. The SMILES string of the molecule is CCC[N+]1=C(C=CC=CC=C2N(CCCS(=O)(=O)O)c3ccc4c(S(=O)(=O)N(C)CCCC(=O)NCc5ccc(C(=O)Cc6nnc(S(N)(=O)=O)s6)cc5)cccc4c3C2(C)C)C(C)(C)c2c1ccc1c(S(=O)(=O)O)cc(S(=O)(=O)O)cc21. The monoisotopic (exact) mass is 1250 g/mol. The normalized spacial score (nSPS) is 16.1. The first-order valence-electron chi connectivity index (χ1n) is 25.9. The molecule has 5 aromatic carbocycles. The highest BCUT2D eigenvalue weighted by atomic mass is 32.2. The molecule has 0 atom stereocenters. The summed E-state index contributed by atoms with van der Waals surface area (Å²) < 4.78 is 158. The molecule has 3 heterocycles. The number of Topliss-reactive ketones (excluding diaryl/α,β-unsaturated/α-hetero) is 1. The van der Waals surface area contributed by atoms with E-state index in [4.69, 9.17) is 5.14 Å². The zero-order valence-corrected chi connectivity index (χ0v) is 50.9. The molecular weight excluding hydrogens is 1190 g/mol. The van der Waals surface area contributed by atoms with Crippen LogP contribution in [0, 0.1) is 0 Å². The minimum atomic E-state index is -4.93. The lowest BCUT2D eigenvalue weighted by Gasteiger charge is -2.27. The van der Waals surface area contributed by atoms with Gasteiger partial charge in [-0.15, -0.1) is 10.2 Å². The molecule has 22 nitrogen and oxygen atoms in total. The van der Waals surface area contributed by atoms with Crippen molar-refractivity contribution in [2.75, 3.05) is 37.3 Å². The van der Waals surface area contributed by atoms with Gasteiger partial charge in [-0.3, -0.25) is 23.2 Å². The van der Waals surface area contributed by atoms with E-state index in [2.05, 4.69) is 15.5 Å². The molecule has 83 heavy (non-hydrogen) atoms. The highest BCUT2D eigenvalue weighted by Crippen LogP contribution is 2.52. The Balaban J connectivity index is 0.992. The van der Waals surface area contributed by atoms with Crippen LogP contribution in [0.2, 0.25) is 0 Å². The summed E-state index contributed by atoms with van der Waals surface area (Å²) >= 11 is 0.709. The smallest absolute Gasteiger partial charge is 0.295 e. The fourth-order valence-electron chi connectivity index (χ4n) is 10.8. The number of primary sulfonamides is 1. The molecule has 28 heteroatoms. The molecular formula is C55H62N7O15S6+. The van der Waals surface area contributed by atoms with Crippen molar-refractivity contribution in [3.63, 3.8) is 0 Å². The Hall–Kier alpha value is -6.44. The predicted molar refractivity (Wildman–Crippen MR) is 315 cm³/mol. The van der Waals surface area contributed by atoms with Crippen molar-refractivity contribution >= 4 is 112 Å². The molecule has 2 aliphatic heterocycles. The molecule has 1 aromatic heterocycles. The summed E-state index contributed by atoms with van der Waals surface area (Å²) in [5.74, 6) is -1.16. The fourth-order valence-corrected chi connectivity index (χ4v) is 15.5. The van der Waals surface area contributed by atoms with Gasteiger partial charge in [0.25, 0.3) is 40.4 Å². The molecule has 2 aliphatic rings. The van der Waals surface area contributed by atoms with E-state index in [0.717, 1.165) is 23.0 Å². The zero-order valence-electron chi connectivity index (χ0n) is 46.0. The Morgan fingerprint density at radius 3 is 2.10 bits per heavy atom. The number of hydrogen-bond acceptors (Lipinski definition) is 16. The molecule has 6 aromatic rings. The van der Waals surface area contributed by atoms with Gasteiger partial charge in [0, 0.05) is 90.4 Å². The molecule has 6 N–H and O–H groups in total. The summed E-state index contributed by atoms with van der Waals surface area (Å²) in [6, 6.07) is 20.1. The van der Waals surface area contributed by atoms with Gasteiger partial charge in [0.2, 0.25) is 26.0 Å². The molecule has 0 spiro atoms. The third kappa shape index (κ3) is 13.3. The Morgan fingerprint density at radius 2 is 1.46 bits per heavy atom. The van der Waals surface area contributed by atoms with Gasteiger partial charge in [-0.1, -0.05) is 92.8 Å². The number of nitrogens with zero attached hydrogens (tertiary/aromatic N) is 5. The number of carbonyl (C=O) groups is 2. The largest absolute Gasteiger partial charge is 0.352 e. The number of anilines is 1. The van der Waals surface area contributed by atoms with Gasteiger partial charge in [-0.2, -0.15) is 29.8 Å². The quantitative estimate of drug-likeness (QED) is 0.0187. The highest BCUT2D eigenvalue weighted by Gasteiger charge is 2.46. The summed E-state index contributed by atoms with van der Waals surface area (Å²) in [4.78, 5) is 26.3. The van der Waals surface area contributed by atoms with Crippen molar-refractivity contribution in [3.05, 3.63) is 142 Å². The second kappa shape index (κ2) is 23.5. The molecule has 0 radical (unpaired) electrons. The van der Waals surface area contributed by atoms with Crippen LogP contribution < -0.4 is 15.4 Å². The van der Waals surface area contributed by atoms with E-state index in [1.54, 1.807) is 60.7 Å².